The molecule has 2 aromatic heterocycles. The van der Waals surface area contributed by atoms with E-state index in [4.69, 9.17) is 22.1 Å². The van der Waals surface area contributed by atoms with Gasteiger partial charge in [-0.15, -0.1) is 0 Å². The molecule has 328 valence electrons. The van der Waals surface area contributed by atoms with Crippen LogP contribution in [-0.2, 0) is 10.8 Å². The van der Waals surface area contributed by atoms with Gasteiger partial charge in [-0.25, -0.2) is 4.98 Å². The molecule has 0 fully saturated rings. The lowest BCUT2D eigenvalue weighted by Crippen LogP contribution is -2.24. The van der Waals surface area contributed by atoms with Crippen LogP contribution in [-0.4, -0.2) is 16.2 Å². The molecule has 67 heavy (non-hydrogen) atoms. The fraction of sp³-hybridized carbons (Fsp3) is 0.145. The molecule has 0 spiro atoms. The third-order valence-corrected chi connectivity index (χ3v) is 12.6. The number of rotatable bonds is 8. The minimum absolute atomic E-state index is 0.0323. The van der Waals surface area contributed by atoms with Gasteiger partial charge < -0.3 is 14.5 Å². The van der Waals surface area contributed by atoms with Crippen molar-refractivity contribution in [1.82, 2.24) is 9.55 Å². The Balaban J connectivity index is 1.00. The molecule has 0 amide bonds. The molecule has 0 unspecified atom stereocenters. The Hall–Kier alpha value is -7.89. The Labute approximate surface area is 406 Å². The SMILES string of the molecule is [2H]c1cc(-c2cccc(-c3c([2H])c([2H])c([2H])c([2H])c3[2H])c2N2CN(c3cccc(Oc4ccc5c6cc(-c7cc(C(C)(C)C)cc(C(C)(C)C)c7)ccc6n(-c6ccccn6)c5c4)c3)c3ccccc32)c([2H])c([2H])c1[2H]. The predicted octanol–water partition coefficient (Wildman–Crippen LogP) is 16.8. The molecular weight excluding hydrogens is 817 g/mol. The normalized spacial score (nSPS) is 14.7. The topological polar surface area (TPSA) is 33.5 Å². The molecule has 1 aliphatic heterocycles. The van der Waals surface area contributed by atoms with Crippen LogP contribution in [0.25, 0.3) is 61.0 Å². The van der Waals surface area contributed by atoms with E-state index in [9.17, 15) is 0 Å². The van der Waals surface area contributed by atoms with E-state index < -0.39 is 36.3 Å². The van der Waals surface area contributed by atoms with Crippen LogP contribution in [0.5, 0.6) is 11.5 Å². The zero-order valence-electron chi connectivity index (χ0n) is 47.3. The third kappa shape index (κ3) is 7.80. The van der Waals surface area contributed by atoms with Gasteiger partial charge in [0, 0.05) is 45.9 Å². The van der Waals surface area contributed by atoms with Crippen LogP contribution in [0.1, 0.15) is 65.0 Å². The molecule has 5 nitrogen and oxygen atoms in total. The first-order chi connectivity index (χ1) is 36.2. The van der Waals surface area contributed by atoms with Gasteiger partial charge >= 0.3 is 0 Å². The fourth-order valence-corrected chi connectivity index (χ4v) is 9.18. The Morgan fingerprint density at radius 3 is 1.90 bits per heavy atom. The second-order valence-electron chi connectivity index (χ2n) is 19.1. The van der Waals surface area contributed by atoms with E-state index in [0.29, 0.717) is 28.3 Å². The van der Waals surface area contributed by atoms with Crippen molar-refractivity contribution in [2.75, 3.05) is 16.5 Å². The smallest absolute Gasteiger partial charge is 0.137 e. The molecular formula is C62H54N4O. The molecule has 0 bridgehead atoms. The molecule has 0 aliphatic carbocycles. The number of para-hydroxylation sites is 3. The number of aromatic nitrogens is 2. The van der Waals surface area contributed by atoms with Crippen LogP contribution in [0.2, 0.25) is 0 Å². The summed E-state index contributed by atoms with van der Waals surface area (Å²) in [5.41, 5.74) is 10.3. The number of anilines is 4. The fourth-order valence-electron chi connectivity index (χ4n) is 9.18. The largest absolute Gasteiger partial charge is 0.457 e. The van der Waals surface area contributed by atoms with Crippen LogP contribution < -0.4 is 14.5 Å². The summed E-state index contributed by atoms with van der Waals surface area (Å²) in [7, 11) is 0. The highest BCUT2D eigenvalue weighted by Crippen LogP contribution is 2.50. The zero-order valence-corrected chi connectivity index (χ0v) is 38.3. The summed E-state index contributed by atoms with van der Waals surface area (Å²) in [6.07, 6.45) is 1.80. The number of pyridine rings is 1. The molecule has 0 N–H and O–H groups in total. The molecule has 1 aliphatic rings. The monoisotopic (exact) mass is 879 g/mol. The summed E-state index contributed by atoms with van der Waals surface area (Å²) in [4.78, 5) is 8.87. The number of hydrogen-bond acceptors (Lipinski definition) is 4. The van der Waals surface area contributed by atoms with Crippen LogP contribution in [0.4, 0.5) is 22.7 Å². The lowest BCUT2D eigenvalue weighted by atomic mass is 9.79. The maximum absolute atomic E-state index is 9.06. The first-order valence-electron chi connectivity index (χ1n) is 27.1. The summed E-state index contributed by atoms with van der Waals surface area (Å²) in [5, 5.41) is 2.14. The molecule has 0 atom stereocenters. The lowest BCUT2D eigenvalue weighted by molar-refractivity contribution is 0.483. The second kappa shape index (κ2) is 16.5. The van der Waals surface area contributed by atoms with E-state index in [0.717, 1.165) is 50.2 Å². The second-order valence-corrected chi connectivity index (χ2v) is 19.1. The maximum atomic E-state index is 9.06. The third-order valence-electron chi connectivity index (χ3n) is 12.6. The molecule has 3 heterocycles. The van der Waals surface area contributed by atoms with Gasteiger partial charge in [-0.1, -0.05) is 169 Å². The quantitative estimate of drug-likeness (QED) is 0.152. The van der Waals surface area contributed by atoms with Crippen molar-refractivity contribution in [2.45, 2.75) is 52.4 Å². The zero-order chi connectivity index (χ0) is 53.7. The van der Waals surface area contributed by atoms with Gasteiger partial charge in [0.2, 0.25) is 0 Å². The summed E-state index contributed by atoms with van der Waals surface area (Å²) in [5.74, 6) is 1.97. The number of hydrogen-bond donors (Lipinski definition) is 0. The van der Waals surface area contributed by atoms with Crippen LogP contribution >= 0.6 is 0 Å². The van der Waals surface area contributed by atoms with Gasteiger partial charge in [0.05, 0.1) is 40.4 Å². The first kappa shape index (κ1) is 32.7. The molecule has 8 aromatic carbocycles. The summed E-state index contributed by atoms with van der Waals surface area (Å²) < 4.78 is 87.2. The van der Waals surface area contributed by atoms with E-state index in [2.05, 4.69) is 99.5 Å². The molecule has 10 aromatic rings. The summed E-state index contributed by atoms with van der Waals surface area (Å²) >= 11 is 0. The van der Waals surface area contributed by atoms with Gasteiger partial charge in [0.15, 0.2) is 0 Å². The van der Waals surface area contributed by atoms with Gasteiger partial charge in [0.1, 0.15) is 24.0 Å². The minimum atomic E-state index is -0.522. The highest BCUT2D eigenvalue weighted by atomic mass is 16.5. The van der Waals surface area contributed by atoms with Crippen molar-refractivity contribution in [3.63, 3.8) is 0 Å². The van der Waals surface area contributed by atoms with Crippen molar-refractivity contribution >= 4 is 44.6 Å². The lowest BCUT2D eigenvalue weighted by Gasteiger charge is -2.27. The Morgan fingerprint density at radius 1 is 0.493 bits per heavy atom. The standard InChI is InChI=1S/C62H54N4O/c1-61(2,3)46-35-45(36-47(38-46)62(4,5)6)44-30-33-55-54(37-44)53-32-31-50(40-58(53)66(55)59-29-15-16-34-63-59)67-49-24-17-23-48(39-49)64-41-65(57-28-14-13-27-56(57)64)60-51(42-19-9-7-10-20-42)25-18-26-52(60)43-21-11-8-12-22-43/h7-40H,41H2,1-6H3/i7D,8D,9D,10D,11D,12D,19D,20D,21D. The van der Waals surface area contributed by atoms with E-state index in [1.165, 1.54) is 22.8 Å². The van der Waals surface area contributed by atoms with Crippen molar-refractivity contribution in [1.29, 1.82) is 0 Å². The number of fused-ring (bicyclic) bond motifs is 4. The van der Waals surface area contributed by atoms with E-state index in [1.54, 1.807) is 24.4 Å². The van der Waals surface area contributed by atoms with Gasteiger partial charge in [-0.05, 0) is 105 Å². The molecule has 11 rings (SSSR count). The first-order valence-corrected chi connectivity index (χ1v) is 22.6. The van der Waals surface area contributed by atoms with E-state index in [1.807, 2.05) is 77.7 Å². The molecule has 0 radical (unpaired) electrons. The Bertz CT molecular complexity index is 3930. The number of ether oxygens (including phenoxy) is 1. The predicted molar refractivity (Wildman–Crippen MR) is 281 cm³/mol. The summed E-state index contributed by atoms with van der Waals surface area (Å²) in [6, 6.07) is 44.1. The van der Waals surface area contributed by atoms with Crippen molar-refractivity contribution < 1.29 is 17.1 Å². The van der Waals surface area contributed by atoms with Gasteiger partial charge in [-0.2, -0.15) is 0 Å². The molecule has 0 saturated carbocycles. The van der Waals surface area contributed by atoms with Crippen LogP contribution in [0.15, 0.2) is 206 Å². The highest BCUT2D eigenvalue weighted by Gasteiger charge is 2.31. The van der Waals surface area contributed by atoms with Crippen molar-refractivity contribution in [3.8, 4) is 50.7 Å². The van der Waals surface area contributed by atoms with E-state index >= 15 is 0 Å². The number of nitrogens with zero attached hydrogens (tertiary/aromatic N) is 4. The van der Waals surface area contributed by atoms with Crippen LogP contribution in [0.3, 0.4) is 0 Å². The maximum Gasteiger partial charge on any atom is 0.137 e. The molecule has 5 heteroatoms. The minimum Gasteiger partial charge on any atom is -0.457 e. The van der Waals surface area contributed by atoms with Crippen LogP contribution in [0, 0.1) is 0 Å². The Morgan fingerprint density at radius 2 is 1.16 bits per heavy atom. The average Bonchev–Trinajstić information content (AvgIpc) is 3.98. The Kier molecular flexibility index (Phi) is 8.07. The van der Waals surface area contributed by atoms with Crippen molar-refractivity contribution in [3.05, 3.63) is 217 Å². The summed E-state index contributed by atoms with van der Waals surface area (Å²) in [6.45, 7) is 13.7. The molecule has 0 saturated heterocycles. The van der Waals surface area contributed by atoms with Gasteiger partial charge in [-0.3, -0.25) is 4.57 Å². The average molecular weight is 880 g/mol. The number of benzene rings is 8. The van der Waals surface area contributed by atoms with Gasteiger partial charge in [0.25, 0.3) is 0 Å². The van der Waals surface area contributed by atoms with E-state index in [-0.39, 0.29) is 46.8 Å². The highest BCUT2D eigenvalue weighted by molar-refractivity contribution is 6.11. The van der Waals surface area contributed by atoms with Crippen molar-refractivity contribution in [2.24, 2.45) is 0 Å².